The predicted molar refractivity (Wildman–Crippen MR) is 91.4 cm³/mol. The number of anilines is 1. The second-order valence-corrected chi connectivity index (χ2v) is 5.13. The summed E-state index contributed by atoms with van der Waals surface area (Å²) in [6.45, 7) is 2.53. The molecule has 0 aliphatic heterocycles. The van der Waals surface area contributed by atoms with E-state index in [1.54, 1.807) is 19.4 Å². The van der Waals surface area contributed by atoms with E-state index in [1.165, 1.54) is 6.33 Å². The Morgan fingerprint density at radius 1 is 1.04 bits per heavy atom. The van der Waals surface area contributed by atoms with E-state index in [4.69, 9.17) is 9.47 Å². The molecule has 122 valence electrons. The third-order valence-corrected chi connectivity index (χ3v) is 3.46. The second kappa shape index (κ2) is 7.41. The number of aromatic nitrogens is 3. The molecule has 2 aromatic heterocycles. The number of nitrogens with one attached hydrogen (secondary N) is 1. The van der Waals surface area contributed by atoms with Crippen LogP contribution in [0.1, 0.15) is 11.1 Å². The van der Waals surface area contributed by atoms with Crippen LogP contribution < -0.4 is 14.8 Å². The molecule has 0 atom stereocenters. The van der Waals surface area contributed by atoms with Crippen molar-refractivity contribution in [3.05, 3.63) is 66.1 Å². The van der Waals surface area contributed by atoms with Crippen molar-refractivity contribution in [2.75, 3.05) is 12.4 Å². The van der Waals surface area contributed by atoms with Crippen LogP contribution in [0.3, 0.4) is 0 Å². The summed E-state index contributed by atoms with van der Waals surface area (Å²) >= 11 is 0. The molecule has 0 amide bonds. The van der Waals surface area contributed by atoms with Gasteiger partial charge in [0.05, 0.1) is 7.11 Å². The van der Waals surface area contributed by atoms with Crippen molar-refractivity contribution in [2.24, 2.45) is 0 Å². The number of methoxy groups -OCH3 is 1. The number of aryl methyl sites for hydroxylation is 1. The smallest absolute Gasteiger partial charge is 0.224 e. The van der Waals surface area contributed by atoms with E-state index in [-0.39, 0.29) is 0 Å². The van der Waals surface area contributed by atoms with Crippen molar-refractivity contribution in [1.29, 1.82) is 0 Å². The van der Waals surface area contributed by atoms with E-state index in [9.17, 15) is 0 Å². The minimum absolute atomic E-state index is 0.509. The second-order valence-electron chi connectivity index (χ2n) is 5.13. The summed E-state index contributed by atoms with van der Waals surface area (Å²) in [4.78, 5) is 12.5. The number of nitrogens with zero attached hydrogens (tertiary/aromatic N) is 3. The molecule has 2 heterocycles. The molecule has 0 radical (unpaired) electrons. The highest BCUT2D eigenvalue weighted by Gasteiger charge is 2.08. The van der Waals surface area contributed by atoms with E-state index in [0.29, 0.717) is 24.1 Å². The van der Waals surface area contributed by atoms with E-state index in [0.717, 1.165) is 16.9 Å². The van der Waals surface area contributed by atoms with Gasteiger partial charge in [-0.2, -0.15) is 0 Å². The van der Waals surface area contributed by atoms with Gasteiger partial charge in [0.25, 0.3) is 0 Å². The molecule has 0 saturated heterocycles. The van der Waals surface area contributed by atoms with Crippen LogP contribution in [0.4, 0.5) is 5.82 Å². The van der Waals surface area contributed by atoms with Gasteiger partial charge in [-0.1, -0.05) is 24.3 Å². The Morgan fingerprint density at radius 2 is 1.92 bits per heavy atom. The molecule has 0 bridgehead atoms. The quantitative estimate of drug-likeness (QED) is 0.748. The summed E-state index contributed by atoms with van der Waals surface area (Å²) in [5.74, 6) is 2.55. The Hall–Kier alpha value is -3.15. The van der Waals surface area contributed by atoms with Gasteiger partial charge in [-0.15, -0.1) is 0 Å². The van der Waals surface area contributed by atoms with Gasteiger partial charge in [-0.3, -0.25) is 0 Å². The van der Waals surface area contributed by atoms with Crippen LogP contribution in [-0.2, 0) is 6.54 Å². The maximum absolute atomic E-state index is 5.97. The minimum atomic E-state index is 0.509. The molecule has 0 aliphatic carbocycles. The van der Waals surface area contributed by atoms with E-state index in [2.05, 4.69) is 20.3 Å². The zero-order valence-electron chi connectivity index (χ0n) is 13.6. The molecule has 0 saturated carbocycles. The van der Waals surface area contributed by atoms with Crippen molar-refractivity contribution in [1.82, 2.24) is 15.0 Å². The zero-order chi connectivity index (χ0) is 16.8. The molecule has 0 aliphatic rings. The highest BCUT2D eigenvalue weighted by atomic mass is 16.5. The molecule has 6 nitrogen and oxygen atoms in total. The maximum atomic E-state index is 5.97. The van der Waals surface area contributed by atoms with Gasteiger partial charge in [0.15, 0.2) is 0 Å². The third-order valence-electron chi connectivity index (χ3n) is 3.46. The first-order chi connectivity index (χ1) is 11.8. The summed E-state index contributed by atoms with van der Waals surface area (Å²) in [7, 11) is 1.57. The molecule has 1 N–H and O–H groups in total. The Labute approximate surface area is 140 Å². The Kier molecular flexibility index (Phi) is 4.86. The fraction of sp³-hybridized carbons (Fsp3) is 0.167. The molecule has 6 heteroatoms. The Bertz CT molecular complexity index is 823. The number of hydrogen-bond donors (Lipinski definition) is 1. The van der Waals surface area contributed by atoms with Crippen LogP contribution in [0, 0.1) is 6.92 Å². The van der Waals surface area contributed by atoms with E-state index >= 15 is 0 Å². The molecular formula is C18H18N4O2. The lowest BCUT2D eigenvalue weighted by Crippen LogP contribution is -2.04. The largest absolute Gasteiger partial charge is 0.481 e. The molecule has 1 aromatic carbocycles. The normalized spacial score (nSPS) is 10.2. The summed E-state index contributed by atoms with van der Waals surface area (Å²) in [5, 5.41) is 3.23. The van der Waals surface area contributed by atoms with Crippen LogP contribution in [0.15, 0.2) is 55.0 Å². The van der Waals surface area contributed by atoms with Gasteiger partial charge >= 0.3 is 0 Å². The number of para-hydroxylation sites is 1. The van der Waals surface area contributed by atoms with Gasteiger partial charge in [0.1, 0.15) is 17.9 Å². The summed E-state index contributed by atoms with van der Waals surface area (Å²) in [5.41, 5.74) is 1.99. The first-order valence-corrected chi connectivity index (χ1v) is 7.53. The Morgan fingerprint density at radius 3 is 2.75 bits per heavy atom. The average Bonchev–Trinajstić information content (AvgIpc) is 2.63. The zero-order valence-corrected chi connectivity index (χ0v) is 13.6. The van der Waals surface area contributed by atoms with E-state index < -0.39 is 0 Å². The van der Waals surface area contributed by atoms with Gasteiger partial charge in [-0.25, -0.2) is 15.0 Å². The number of rotatable bonds is 6. The lowest BCUT2D eigenvalue weighted by atomic mass is 10.2. The molecular weight excluding hydrogens is 304 g/mol. The fourth-order valence-corrected chi connectivity index (χ4v) is 2.16. The number of benzene rings is 1. The summed E-state index contributed by atoms with van der Waals surface area (Å²) in [6, 6.07) is 13.4. The van der Waals surface area contributed by atoms with Crippen molar-refractivity contribution in [2.45, 2.75) is 13.5 Å². The average molecular weight is 322 g/mol. The summed E-state index contributed by atoms with van der Waals surface area (Å²) in [6.07, 6.45) is 3.17. The number of pyridine rings is 1. The van der Waals surface area contributed by atoms with Crippen molar-refractivity contribution < 1.29 is 9.47 Å². The first kappa shape index (κ1) is 15.7. The standard InChI is InChI=1S/C18H18N4O2/c1-13-6-3-4-8-15(13)24-18-14(7-5-9-19-18)11-20-16-10-17(23-2)22-12-21-16/h3-10,12H,11H2,1-2H3,(H,20,21,22). The monoisotopic (exact) mass is 322 g/mol. The molecule has 3 aromatic rings. The lowest BCUT2D eigenvalue weighted by Gasteiger charge is -2.12. The molecule has 0 unspecified atom stereocenters. The number of hydrogen-bond acceptors (Lipinski definition) is 6. The minimum Gasteiger partial charge on any atom is -0.481 e. The van der Waals surface area contributed by atoms with Crippen LogP contribution >= 0.6 is 0 Å². The van der Waals surface area contributed by atoms with Crippen molar-refractivity contribution in [3.8, 4) is 17.5 Å². The van der Waals surface area contributed by atoms with Crippen LogP contribution in [0.25, 0.3) is 0 Å². The first-order valence-electron chi connectivity index (χ1n) is 7.53. The van der Waals surface area contributed by atoms with Gasteiger partial charge in [0.2, 0.25) is 11.8 Å². The fourth-order valence-electron chi connectivity index (χ4n) is 2.16. The third kappa shape index (κ3) is 3.78. The molecule has 0 fully saturated rings. The topological polar surface area (TPSA) is 69.2 Å². The highest BCUT2D eigenvalue weighted by molar-refractivity contribution is 5.41. The summed E-state index contributed by atoms with van der Waals surface area (Å²) < 4.78 is 11.1. The van der Waals surface area contributed by atoms with Gasteiger partial charge in [-0.05, 0) is 24.6 Å². The molecule has 0 spiro atoms. The number of ether oxygens (including phenoxy) is 2. The van der Waals surface area contributed by atoms with Crippen LogP contribution in [-0.4, -0.2) is 22.1 Å². The Balaban J connectivity index is 1.75. The predicted octanol–water partition coefficient (Wildman–Crippen LogP) is 3.59. The molecule has 3 rings (SSSR count). The maximum Gasteiger partial charge on any atom is 0.224 e. The molecule has 24 heavy (non-hydrogen) atoms. The SMILES string of the molecule is COc1cc(NCc2cccnc2Oc2ccccc2C)ncn1. The van der Waals surface area contributed by atoms with Crippen molar-refractivity contribution >= 4 is 5.82 Å². The highest BCUT2D eigenvalue weighted by Crippen LogP contribution is 2.26. The van der Waals surface area contributed by atoms with E-state index in [1.807, 2.05) is 43.3 Å². The van der Waals surface area contributed by atoms with Crippen molar-refractivity contribution in [3.63, 3.8) is 0 Å². The van der Waals surface area contributed by atoms with Gasteiger partial charge in [0, 0.05) is 24.4 Å². The lowest BCUT2D eigenvalue weighted by molar-refractivity contribution is 0.397. The van der Waals surface area contributed by atoms with Crippen LogP contribution in [0.2, 0.25) is 0 Å². The van der Waals surface area contributed by atoms with Crippen LogP contribution in [0.5, 0.6) is 17.5 Å². The van der Waals surface area contributed by atoms with Gasteiger partial charge < -0.3 is 14.8 Å².